The monoisotopic (exact) mass is 168 g/mol. The number of hydrogen-bond donors (Lipinski definition) is 0. The van der Waals surface area contributed by atoms with Gasteiger partial charge in [0.15, 0.2) is 0 Å². The Kier molecular flexibility index (Phi) is 3.05. The average Bonchev–Trinajstić information content (AvgIpc) is 2.01. The number of aliphatic imine (C=N–C) groups is 1. The predicted octanol–water partition coefficient (Wildman–Crippen LogP) is 2.17. The molecule has 0 aliphatic rings. The van der Waals surface area contributed by atoms with E-state index in [0.717, 1.165) is 12.2 Å². The molecule has 0 saturated heterocycles. The third-order valence-electron chi connectivity index (χ3n) is 1.14. The van der Waals surface area contributed by atoms with Gasteiger partial charge in [0, 0.05) is 12.8 Å². The predicted molar refractivity (Wildman–Crippen MR) is 47.4 cm³/mol. The van der Waals surface area contributed by atoms with Crippen LogP contribution in [0.25, 0.3) is 0 Å². The van der Waals surface area contributed by atoms with E-state index in [1.54, 1.807) is 12.3 Å². The first-order valence-corrected chi connectivity index (χ1v) is 3.83. The zero-order valence-electron chi connectivity index (χ0n) is 6.29. The summed E-state index contributed by atoms with van der Waals surface area (Å²) in [6.07, 6.45) is 1.71. The Morgan fingerprint density at radius 1 is 1.64 bits per heavy atom. The first kappa shape index (κ1) is 8.21. The topological polar surface area (TPSA) is 25.2 Å². The van der Waals surface area contributed by atoms with Crippen LogP contribution in [-0.4, -0.2) is 17.7 Å². The Bertz CT molecular complexity index is 258. The summed E-state index contributed by atoms with van der Waals surface area (Å²) in [5.74, 6) is 0. The molecule has 1 heterocycles. The summed E-state index contributed by atoms with van der Waals surface area (Å²) in [7, 11) is 0. The lowest BCUT2D eigenvalue weighted by atomic mass is 10.4. The quantitative estimate of drug-likeness (QED) is 0.491. The minimum Gasteiger partial charge on any atom is -0.291 e. The molecule has 1 aromatic rings. The molecule has 2 nitrogen and oxygen atoms in total. The van der Waals surface area contributed by atoms with Crippen LogP contribution < -0.4 is 0 Å². The number of hydrogen-bond acceptors (Lipinski definition) is 2. The Morgan fingerprint density at radius 3 is 3.09 bits per heavy atom. The molecule has 0 saturated carbocycles. The van der Waals surface area contributed by atoms with Crippen LogP contribution in [0, 0.1) is 0 Å². The SMILES string of the molecule is CCN=Cc1cccc(Cl)n1. The maximum Gasteiger partial charge on any atom is 0.129 e. The van der Waals surface area contributed by atoms with Crippen LogP contribution in [0.4, 0.5) is 0 Å². The molecular formula is C8H9ClN2. The fourth-order valence-electron chi connectivity index (χ4n) is 0.681. The Balaban J connectivity index is 2.79. The molecule has 0 N–H and O–H groups in total. The zero-order valence-corrected chi connectivity index (χ0v) is 7.04. The van der Waals surface area contributed by atoms with E-state index in [0.29, 0.717) is 5.15 Å². The number of halogens is 1. The van der Waals surface area contributed by atoms with Gasteiger partial charge in [0.25, 0.3) is 0 Å². The Morgan fingerprint density at radius 2 is 2.45 bits per heavy atom. The average molecular weight is 169 g/mol. The molecule has 0 amide bonds. The largest absolute Gasteiger partial charge is 0.291 e. The summed E-state index contributed by atoms with van der Waals surface area (Å²) in [6.45, 7) is 2.75. The van der Waals surface area contributed by atoms with E-state index >= 15 is 0 Å². The zero-order chi connectivity index (χ0) is 8.10. The summed E-state index contributed by atoms with van der Waals surface area (Å²) >= 11 is 5.65. The normalized spacial score (nSPS) is 10.7. The molecule has 0 radical (unpaired) electrons. The fourth-order valence-corrected chi connectivity index (χ4v) is 0.851. The van der Waals surface area contributed by atoms with Crippen LogP contribution in [0.15, 0.2) is 23.2 Å². The highest BCUT2D eigenvalue weighted by atomic mass is 35.5. The van der Waals surface area contributed by atoms with Gasteiger partial charge in [-0.1, -0.05) is 17.7 Å². The number of nitrogens with zero attached hydrogens (tertiary/aromatic N) is 2. The summed E-state index contributed by atoms with van der Waals surface area (Å²) in [4.78, 5) is 8.06. The van der Waals surface area contributed by atoms with E-state index in [1.807, 2.05) is 19.1 Å². The molecular weight excluding hydrogens is 160 g/mol. The number of pyridine rings is 1. The van der Waals surface area contributed by atoms with Gasteiger partial charge in [0.05, 0.1) is 5.69 Å². The molecule has 0 atom stereocenters. The van der Waals surface area contributed by atoms with Crippen molar-refractivity contribution >= 4 is 17.8 Å². The van der Waals surface area contributed by atoms with Crippen molar-refractivity contribution in [2.75, 3.05) is 6.54 Å². The lowest BCUT2D eigenvalue weighted by Crippen LogP contribution is -1.86. The van der Waals surface area contributed by atoms with Gasteiger partial charge in [-0.25, -0.2) is 4.98 Å². The summed E-state index contributed by atoms with van der Waals surface area (Å²) in [6, 6.07) is 5.46. The van der Waals surface area contributed by atoms with Crippen LogP contribution in [0.1, 0.15) is 12.6 Å². The highest BCUT2D eigenvalue weighted by Gasteiger charge is 1.89. The Labute approximate surface area is 70.9 Å². The van der Waals surface area contributed by atoms with Gasteiger partial charge < -0.3 is 0 Å². The highest BCUT2D eigenvalue weighted by molar-refractivity contribution is 6.29. The maximum atomic E-state index is 5.65. The lowest BCUT2D eigenvalue weighted by Gasteiger charge is -1.91. The van der Waals surface area contributed by atoms with Crippen molar-refractivity contribution in [2.24, 2.45) is 4.99 Å². The van der Waals surface area contributed by atoms with Gasteiger partial charge in [-0.2, -0.15) is 0 Å². The van der Waals surface area contributed by atoms with E-state index in [1.165, 1.54) is 0 Å². The molecule has 1 rings (SSSR count). The van der Waals surface area contributed by atoms with Crippen LogP contribution in [0.5, 0.6) is 0 Å². The van der Waals surface area contributed by atoms with Crippen molar-refractivity contribution < 1.29 is 0 Å². The van der Waals surface area contributed by atoms with Crippen molar-refractivity contribution in [3.63, 3.8) is 0 Å². The van der Waals surface area contributed by atoms with Crippen LogP contribution in [0.3, 0.4) is 0 Å². The molecule has 0 fully saturated rings. The summed E-state index contributed by atoms with van der Waals surface area (Å²) < 4.78 is 0. The van der Waals surface area contributed by atoms with Crippen molar-refractivity contribution in [3.8, 4) is 0 Å². The molecule has 3 heteroatoms. The van der Waals surface area contributed by atoms with Crippen molar-refractivity contribution in [1.82, 2.24) is 4.98 Å². The highest BCUT2D eigenvalue weighted by Crippen LogP contribution is 2.02. The van der Waals surface area contributed by atoms with Crippen molar-refractivity contribution in [2.45, 2.75) is 6.92 Å². The third kappa shape index (κ3) is 2.68. The first-order chi connectivity index (χ1) is 5.33. The van der Waals surface area contributed by atoms with E-state index in [-0.39, 0.29) is 0 Å². The molecule has 0 aliphatic heterocycles. The van der Waals surface area contributed by atoms with Gasteiger partial charge in [-0.3, -0.25) is 4.99 Å². The molecule has 0 spiro atoms. The smallest absolute Gasteiger partial charge is 0.129 e. The second-order valence-electron chi connectivity index (χ2n) is 2.01. The lowest BCUT2D eigenvalue weighted by molar-refractivity contribution is 1.13. The van der Waals surface area contributed by atoms with Gasteiger partial charge in [-0.05, 0) is 19.1 Å². The van der Waals surface area contributed by atoms with Crippen molar-refractivity contribution in [1.29, 1.82) is 0 Å². The van der Waals surface area contributed by atoms with E-state index in [9.17, 15) is 0 Å². The van der Waals surface area contributed by atoms with Crippen LogP contribution in [-0.2, 0) is 0 Å². The van der Waals surface area contributed by atoms with Crippen LogP contribution in [0.2, 0.25) is 5.15 Å². The summed E-state index contributed by atoms with van der Waals surface area (Å²) in [5, 5.41) is 0.505. The van der Waals surface area contributed by atoms with Gasteiger partial charge in [0.2, 0.25) is 0 Å². The third-order valence-corrected chi connectivity index (χ3v) is 1.35. The van der Waals surface area contributed by atoms with E-state index in [2.05, 4.69) is 9.98 Å². The maximum absolute atomic E-state index is 5.65. The molecule has 0 unspecified atom stereocenters. The van der Waals surface area contributed by atoms with Crippen LogP contribution >= 0.6 is 11.6 Å². The van der Waals surface area contributed by atoms with Gasteiger partial charge >= 0.3 is 0 Å². The molecule has 0 aromatic carbocycles. The van der Waals surface area contributed by atoms with Gasteiger partial charge in [0.1, 0.15) is 5.15 Å². The van der Waals surface area contributed by atoms with Gasteiger partial charge in [-0.15, -0.1) is 0 Å². The molecule has 11 heavy (non-hydrogen) atoms. The van der Waals surface area contributed by atoms with E-state index in [4.69, 9.17) is 11.6 Å². The summed E-state index contributed by atoms with van der Waals surface area (Å²) in [5.41, 5.74) is 0.805. The standard InChI is InChI=1S/C8H9ClN2/c1-2-10-6-7-4-3-5-8(9)11-7/h3-6H,2H2,1H3. The minimum absolute atomic E-state index is 0.505. The van der Waals surface area contributed by atoms with Crippen molar-refractivity contribution in [3.05, 3.63) is 29.0 Å². The second kappa shape index (κ2) is 4.09. The first-order valence-electron chi connectivity index (χ1n) is 3.45. The Hall–Kier alpha value is -0.890. The second-order valence-corrected chi connectivity index (χ2v) is 2.40. The number of rotatable bonds is 2. The molecule has 0 bridgehead atoms. The molecule has 0 aliphatic carbocycles. The molecule has 1 aromatic heterocycles. The fraction of sp³-hybridized carbons (Fsp3) is 0.250. The van der Waals surface area contributed by atoms with E-state index < -0.39 is 0 Å². The number of aromatic nitrogens is 1. The minimum atomic E-state index is 0.505. The molecule has 58 valence electrons.